The molecule has 0 bridgehead atoms. The molecule has 1 aliphatic heterocycles. The highest BCUT2D eigenvalue weighted by Gasteiger charge is 2.47. The largest absolute Gasteiger partial charge is 0.416 e. The SMILES string of the molecule is Cc1c(Cc2c(F)cccc2C(F)(F)F)c2n(c(=O)c1-c1cccc(C(C)(F)F)c1)[C@@H](C(N)c1ccccc1)C(C)(C)S2. The quantitative estimate of drug-likeness (QED) is 0.220. The number of nitrogens with two attached hydrogens (primary N) is 1. The fourth-order valence-corrected chi connectivity index (χ4v) is 7.46. The molecule has 43 heavy (non-hydrogen) atoms. The molecule has 226 valence electrons. The van der Waals surface area contributed by atoms with Crippen LogP contribution in [0.5, 0.6) is 0 Å². The lowest BCUT2D eigenvalue weighted by atomic mass is 9.88. The van der Waals surface area contributed by atoms with Crippen LogP contribution in [0.25, 0.3) is 11.1 Å². The van der Waals surface area contributed by atoms with E-state index in [1.54, 1.807) is 6.92 Å². The maximum atomic E-state index is 15.1. The van der Waals surface area contributed by atoms with E-state index >= 15 is 4.39 Å². The number of halogens is 6. The molecule has 2 N–H and O–H groups in total. The van der Waals surface area contributed by atoms with E-state index in [1.807, 2.05) is 44.2 Å². The van der Waals surface area contributed by atoms with Crippen LogP contribution in [0, 0.1) is 12.7 Å². The first kappa shape index (κ1) is 30.9. The molecular weight excluding hydrogens is 586 g/mol. The summed E-state index contributed by atoms with van der Waals surface area (Å²) in [6, 6.07) is 15.9. The Kier molecular flexibility index (Phi) is 7.84. The summed E-state index contributed by atoms with van der Waals surface area (Å²) in [6.45, 7) is 6.08. The molecule has 0 aliphatic carbocycles. The number of hydrogen-bond donors (Lipinski definition) is 1. The van der Waals surface area contributed by atoms with E-state index in [2.05, 4.69) is 0 Å². The van der Waals surface area contributed by atoms with Crippen LogP contribution in [-0.2, 0) is 18.5 Å². The second kappa shape index (κ2) is 10.9. The molecule has 0 spiro atoms. The van der Waals surface area contributed by atoms with Crippen LogP contribution in [0.3, 0.4) is 0 Å². The summed E-state index contributed by atoms with van der Waals surface area (Å²) in [7, 11) is 0. The summed E-state index contributed by atoms with van der Waals surface area (Å²) in [5, 5.41) is 0.376. The van der Waals surface area contributed by atoms with Crippen molar-refractivity contribution in [2.24, 2.45) is 5.73 Å². The first-order valence-electron chi connectivity index (χ1n) is 13.6. The fourth-order valence-electron chi connectivity index (χ4n) is 5.94. The first-order chi connectivity index (χ1) is 20.0. The van der Waals surface area contributed by atoms with E-state index < -0.39 is 57.9 Å². The van der Waals surface area contributed by atoms with E-state index in [1.165, 1.54) is 40.6 Å². The molecule has 0 saturated carbocycles. The predicted octanol–water partition coefficient (Wildman–Crippen LogP) is 8.81. The van der Waals surface area contributed by atoms with Crippen molar-refractivity contribution in [3.63, 3.8) is 0 Å². The Bertz CT molecular complexity index is 1740. The zero-order chi connectivity index (χ0) is 31.5. The molecule has 3 aromatic carbocycles. The molecule has 2 atom stereocenters. The molecule has 0 radical (unpaired) electrons. The van der Waals surface area contributed by atoms with Crippen molar-refractivity contribution >= 4 is 11.8 Å². The van der Waals surface area contributed by atoms with Crippen LogP contribution in [-0.4, -0.2) is 9.31 Å². The minimum Gasteiger partial charge on any atom is -0.322 e. The summed E-state index contributed by atoms with van der Waals surface area (Å²) in [6.07, 6.45) is -5.30. The third kappa shape index (κ3) is 5.62. The number of thioether (sulfide) groups is 1. The van der Waals surface area contributed by atoms with Crippen LogP contribution < -0.4 is 11.3 Å². The summed E-state index contributed by atoms with van der Waals surface area (Å²) in [4.78, 5) is 14.4. The highest BCUT2D eigenvalue weighted by molar-refractivity contribution is 8.00. The van der Waals surface area contributed by atoms with Gasteiger partial charge in [0.15, 0.2) is 0 Å². The molecule has 2 heterocycles. The first-order valence-corrected chi connectivity index (χ1v) is 14.4. The van der Waals surface area contributed by atoms with Gasteiger partial charge in [-0.2, -0.15) is 13.2 Å². The van der Waals surface area contributed by atoms with Gasteiger partial charge in [0.25, 0.3) is 11.5 Å². The van der Waals surface area contributed by atoms with E-state index in [-0.39, 0.29) is 16.7 Å². The summed E-state index contributed by atoms with van der Waals surface area (Å²) in [5.74, 6) is -4.24. The number of pyridine rings is 1. The Morgan fingerprint density at radius 2 is 1.60 bits per heavy atom. The number of alkyl halides is 5. The zero-order valence-corrected chi connectivity index (χ0v) is 24.7. The lowest BCUT2D eigenvalue weighted by molar-refractivity contribution is -0.138. The number of fused-ring (bicyclic) bond motifs is 1. The van der Waals surface area contributed by atoms with Crippen LogP contribution in [0.2, 0.25) is 0 Å². The molecule has 5 rings (SSSR count). The van der Waals surface area contributed by atoms with Crippen molar-refractivity contribution in [2.75, 3.05) is 0 Å². The Hall–Kier alpha value is -3.50. The number of aromatic nitrogens is 1. The molecule has 0 saturated heterocycles. The molecule has 0 fully saturated rings. The standard InChI is InChI=1S/C33H30F6N2OS/c1-18-22(17-23-24(33(37,38)39)14-9-15-25(23)34)30-41(28(31(2,3)43-30)27(40)19-10-6-5-7-11-19)29(42)26(18)20-12-8-13-21(16-20)32(4,35)36/h5-16,27-28H,17,40H2,1-4H3/t27?,28-/m0/s1. The summed E-state index contributed by atoms with van der Waals surface area (Å²) >= 11 is 1.29. The molecule has 0 amide bonds. The van der Waals surface area contributed by atoms with E-state index in [4.69, 9.17) is 5.73 Å². The fraction of sp³-hybridized carbons (Fsp3) is 0.303. The minimum absolute atomic E-state index is 0.0540. The average Bonchev–Trinajstić information content (AvgIpc) is 3.22. The molecule has 1 aromatic heterocycles. The van der Waals surface area contributed by atoms with Crippen molar-refractivity contribution in [2.45, 2.75) is 68.1 Å². The van der Waals surface area contributed by atoms with Gasteiger partial charge in [0.05, 0.1) is 28.2 Å². The zero-order valence-electron chi connectivity index (χ0n) is 23.9. The lowest BCUT2D eigenvalue weighted by Gasteiger charge is -2.32. The number of hydrogen-bond acceptors (Lipinski definition) is 3. The predicted molar refractivity (Wildman–Crippen MR) is 157 cm³/mol. The number of nitrogens with zero attached hydrogens (tertiary/aromatic N) is 1. The van der Waals surface area contributed by atoms with Gasteiger partial charge in [0, 0.05) is 29.2 Å². The van der Waals surface area contributed by atoms with Crippen LogP contribution in [0.4, 0.5) is 26.3 Å². The van der Waals surface area contributed by atoms with Gasteiger partial charge in [-0.05, 0) is 61.2 Å². The van der Waals surface area contributed by atoms with Gasteiger partial charge in [-0.1, -0.05) is 66.4 Å². The normalized spacial score (nSPS) is 17.1. The molecule has 1 unspecified atom stereocenters. The van der Waals surface area contributed by atoms with Gasteiger partial charge in [0.1, 0.15) is 5.82 Å². The van der Waals surface area contributed by atoms with Gasteiger partial charge < -0.3 is 5.73 Å². The highest BCUT2D eigenvalue weighted by Crippen LogP contribution is 2.54. The lowest BCUT2D eigenvalue weighted by Crippen LogP contribution is -2.39. The van der Waals surface area contributed by atoms with Gasteiger partial charge in [0.2, 0.25) is 0 Å². The summed E-state index contributed by atoms with van der Waals surface area (Å²) in [5.41, 5.74) is 5.86. The minimum atomic E-state index is -4.82. The van der Waals surface area contributed by atoms with Crippen molar-refractivity contribution in [3.8, 4) is 11.1 Å². The van der Waals surface area contributed by atoms with Crippen molar-refractivity contribution in [3.05, 3.63) is 122 Å². The monoisotopic (exact) mass is 616 g/mol. The van der Waals surface area contributed by atoms with Gasteiger partial charge in [-0.3, -0.25) is 9.36 Å². The van der Waals surface area contributed by atoms with E-state index in [9.17, 15) is 26.7 Å². The molecule has 1 aliphatic rings. The highest BCUT2D eigenvalue weighted by atomic mass is 32.2. The maximum Gasteiger partial charge on any atom is 0.416 e. The van der Waals surface area contributed by atoms with Crippen LogP contribution >= 0.6 is 11.8 Å². The van der Waals surface area contributed by atoms with Crippen LogP contribution in [0.15, 0.2) is 82.6 Å². The van der Waals surface area contributed by atoms with Crippen molar-refractivity contribution in [1.82, 2.24) is 4.57 Å². The van der Waals surface area contributed by atoms with Gasteiger partial charge in [-0.15, -0.1) is 0 Å². The smallest absolute Gasteiger partial charge is 0.322 e. The topological polar surface area (TPSA) is 48.0 Å². The van der Waals surface area contributed by atoms with Gasteiger partial charge in [-0.25, -0.2) is 13.2 Å². The van der Waals surface area contributed by atoms with E-state index in [0.717, 1.165) is 30.7 Å². The van der Waals surface area contributed by atoms with Crippen LogP contribution in [0.1, 0.15) is 66.2 Å². The Balaban J connectivity index is 1.83. The average molecular weight is 617 g/mol. The Morgan fingerprint density at radius 1 is 0.953 bits per heavy atom. The van der Waals surface area contributed by atoms with Crippen molar-refractivity contribution in [1.29, 1.82) is 0 Å². The maximum absolute atomic E-state index is 15.1. The molecular formula is C33H30F6N2OS. The Labute approximate surface area is 249 Å². The third-order valence-electron chi connectivity index (χ3n) is 8.05. The molecule has 3 nitrogen and oxygen atoms in total. The number of benzene rings is 3. The van der Waals surface area contributed by atoms with Crippen molar-refractivity contribution < 1.29 is 26.3 Å². The third-order valence-corrected chi connectivity index (χ3v) is 9.45. The summed E-state index contributed by atoms with van der Waals surface area (Å²) < 4.78 is 86.7. The van der Waals surface area contributed by atoms with Gasteiger partial charge >= 0.3 is 6.18 Å². The molecule has 4 aromatic rings. The second-order valence-corrected chi connectivity index (χ2v) is 13.1. The Morgan fingerprint density at radius 3 is 2.23 bits per heavy atom. The number of rotatable bonds is 6. The van der Waals surface area contributed by atoms with E-state index in [0.29, 0.717) is 16.2 Å². The molecule has 10 heteroatoms. The second-order valence-electron chi connectivity index (χ2n) is 11.5.